The Bertz CT molecular complexity index is 217. The summed E-state index contributed by atoms with van der Waals surface area (Å²) in [5, 5.41) is 12.2. The Morgan fingerprint density at radius 2 is 2.00 bits per heavy atom. The third-order valence-electron chi connectivity index (χ3n) is 2.07. The second-order valence-corrected chi connectivity index (χ2v) is 3.90. The van der Waals surface area contributed by atoms with E-state index >= 15 is 0 Å². The van der Waals surface area contributed by atoms with Crippen molar-refractivity contribution in [3.05, 3.63) is 0 Å². The van der Waals surface area contributed by atoms with Crippen LogP contribution in [0.3, 0.4) is 0 Å². The molecule has 1 aliphatic rings. The first kappa shape index (κ1) is 11.4. The molecule has 0 saturated carbocycles. The molecule has 0 aromatic heterocycles. The molecule has 0 spiro atoms. The number of carbonyl (C=O) groups is 1. The second kappa shape index (κ2) is 4.25. The van der Waals surface area contributed by atoms with E-state index < -0.39 is 17.9 Å². The van der Waals surface area contributed by atoms with Crippen molar-refractivity contribution in [2.24, 2.45) is 0 Å². The molecule has 5 heteroatoms. The van der Waals surface area contributed by atoms with Gasteiger partial charge in [0.15, 0.2) is 5.79 Å². The van der Waals surface area contributed by atoms with Crippen molar-refractivity contribution >= 4 is 5.91 Å². The second-order valence-electron chi connectivity index (χ2n) is 3.90. The maximum atomic E-state index is 10.8. The molecule has 0 aromatic rings. The fraction of sp³-hybridized carbons (Fsp3) is 0.889. The number of ether oxygens (including phenoxy) is 2. The SMILES string of the molecule is CC(=O)N[C@H]1COC(C)(C)OC[C@@H]1O. The number of carbonyl (C=O) groups excluding carboxylic acids is 1. The molecule has 5 nitrogen and oxygen atoms in total. The van der Waals surface area contributed by atoms with Crippen LogP contribution in [0.5, 0.6) is 0 Å². The molecule has 0 bridgehead atoms. The van der Waals surface area contributed by atoms with Gasteiger partial charge >= 0.3 is 0 Å². The highest BCUT2D eigenvalue weighted by molar-refractivity contribution is 5.73. The third-order valence-corrected chi connectivity index (χ3v) is 2.07. The van der Waals surface area contributed by atoms with Gasteiger partial charge in [-0.3, -0.25) is 4.79 Å². The Labute approximate surface area is 83.4 Å². The van der Waals surface area contributed by atoms with Gasteiger partial charge in [-0.2, -0.15) is 0 Å². The van der Waals surface area contributed by atoms with Gasteiger partial charge in [0.05, 0.1) is 25.4 Å². The van der Waals surface area contributed by atoms with Crippen molar-refractivity contribution in [1.29, 1.82) is 0 Å². The monoisotopic (exact) mass is 203 g/mol. The quantitative estimate of drug-likeness (QED) is 0.610. The highest BCUT2D eigenvalue weighted by Gasteiger charge is 2.31. The van der Waals surface area contributed by atoms with Crippen molar-refractivity contribution in [2.45, 2.75) is 38.7 Å². The van der Waals surface area contributed by atoms with Crippen LogP contribution >= 0.6 is 0 Å². The fourth-order valence-electron chi connectivity index (χ4n) is 1.24. The Morgan fingerprint density at radius 3 is 2.57 bits per heavy atom. The van der Waals surface area contributed by atoms with Gasteiger partial charge in [0.1, 0.15) is 0 Å². The standard InChI is InChI=1S/C9H17NO4/c1-6(11)10-7-4-13-9(2,3)14-5-8(7)12/h7-8,12H,4-5H2,1-3H3,(H,10,11)/t7-,8-/m0/s1. The highest BCUT2D eigenvalue weighted by atomic mass is 16.7. The van der Waals surface area contributed by atoms with Crippen molar-refractivity contribution in [2.75, 3.05) is 13.2 Å². The van der Waals surface area contributed by atoms with Gasteiger partial charge in [-0.25, -0.2) is 0 Å². The van der Waals surface area contributed by atoms with Crippen molar-refractivity contribution < 1.29 is 19.4 Å². The number of hydrogen-bond donors (Lipinski definition) is 2. The molecule has 2 N–H and O–H groups in total. The molecule has 1 saturated heterocycles. The van der Waals surface area contributed by atoms with Crippen molar-refractivity contribution in [1.82, 2.24) is 5.32 Å². The maximum Gasteiger partial charge on any atom is 0.217 e. The summed E-state index contributed by atoms with van der Waals surface area (Å²) in [6, 6.07) is -0.394. The fourth-order valence-corrected chi connectivity index (χ4v) is 1.24. The number of amides is 1. The molecule has 0 radical (unpaired) electrons. The van der Waals surface area contributed by atoms with E-state index in [1.165, 1.54) is 6.92 Å². The molecule has 2 atom stereocenters. The molecule has 1 amide bonds. The summed E-state index contributed by atoms with van der Waals surface area (Å²) < 4.78 is 10.7. The lowest BCUT2D eigenvalue weighted by molar-refractivity contribution is -0.203. The molecule has 14 heavy (non-hydrogen) atoms. The maximum absolute atomic E-state index is 10.8. The summed E-state index contributed by atoms with van der Waals surface area (Å²) in [5.74, 6) is -0.883. The van der Waals surface area contributed by atoms with Gasteiger partial charge < -0.3 is 19.9 Å². The number of aliphatic hydroxyl groups is 1. The van der Waals surface area contributed by atoms with E-state index in [0.29, 0.717) is 0 Å². The van der Waals surface area contributed by atoms with Crippen molar-refractivity contribution in [3.8, 4) is 0 Å². The van der Waals surface area contributed by atoms with E-state index in [0.717, 1.165) is 0 Å². The minimum Gasteiger partial charge on any atom is -0.388 e. The predicted octanol–water partition coefficient (Wildman–Crippen LogP) is -0.365. The number of aliphatic hydroxyl groups excluding tert-OH is 1. The van der Waals surface area contributed by atoms with E-state index in [1.807, 2.05) is 0 Å². The van der Waals surface area contributed by atoms with E-state index in [2.05, 4.69) is 5.32 Å². The Balaban J connectivity index is 2.56. The lowest BCUT2D eigenvalue weighted by Crippen LogP contribution is -2.46. The van der Waals surface area contributed by atoms with Crippen LogP contribution in [0.25, 0.3) is 0 Å². The first-order chi connectivity index (χ1) is 6.41. The van der Waals surface area contributed by atoms with Crippen LogP contribution in [-0.2, 0) is 14.3 Å². The topological polar surface area (TPSA) is 67.8 Å². The normalized spacial score (nSPS) is 32.0. The molecular formula is C9H17NO4. The molecule has 82 valence electrons. The predicted molar refractivity (Wildman–Crippen MR) is 49.6 cm³/mol. The van der Waals surface area contributed by atoms with Gasteiger partial charge in [0.25, 0.3) is 0 Å². The van der Waals surface area contributed by atoms with Gasteiger partial charge in [-0.15, -0.1) is 0 Å². The van der Waals surface area contributed by atoms with E-state index in [-0.39, 0.29) is 19.1 Å². The summed E-state index contributed by atoms with van der Waals surface area (Å²) >= 11 is 0. The van der Waals surface area contributed by atoms with Crippen LogP contribution in [0.1, 0.15) is 20.8 Å². The highest BCUT2D eigenvalue weighted by Crippen LogP contribution is 2.17. The van der Waals surface area contributed by atoms with Crippen LogP contribution in [0.4, 0.5) is 0 Å². The van der Waals surface area contributed by atoms with Crippen LogP contribution < -0.4 is 5.32 Å². The third kappa shape index (κ3) is 3.25. The van der Waals surface area contributed by atoms with E-state index in [1.54, 1.807) is 13.8 Å². The number of nitrogens with one attached hydrogen (secondary N) is 1. The summed E-state index contributed by atoms with van der Waals surface area (Å²) in [5.41, 5.74) is 0. The van der Waals surface area contributed by atoms with E-state index in [9.17, 15) is 9.90 Å². The average Bonchev–Trinajstić information content (AvgIpc) is 2.17. The molecule has 1 heterocycles. The van der Waals surface area contributed by atoms with Gasteiger partial charge in [-0.05, 0) is 13.8 Å². The van der Waals surface area contributed by atoms with Crippen LogP contribution in [-0.4, -0.2) is 42.2 Å². The summed E-state index contributed by atoms with van der Waals surface area (Å²) in [6.45, 7) is 5.38. The molecule has 1 fully saturated rings. The molecule has 1 rings (SSSR count). The number of hydrogen-bond acceptors (Lipinski definition) is 4. The molecule has 0 aromatic carbocycles. The molecule has 1 aliphatic heterocycles. The largest absolute Gasteiger partial charge is 0.388 e. The van der Waals surface area contributed by atoms with Crippen molar-refractivity contribution in [3.63, 3.8) is 0 Å². The van der Waals surface area contributed by atoms with Gasteiger partial charge in [-0.1, -0.05) is 0 Å². The first-order valence-corrected chi connectivity index (χ1v) is 4.64. The van der Waals surface area contributed by atoms with Gasteiger partial charge in [0.2, 0.25) is 5.91 Å². The summed E-state index contributed by atoms with van der Waals surface area (Å²) in [6.07, 6.45) is -0.722. The van der Waals surface area contributed by atoms with Crippen LogP contribution in [0.2, 0.25) is 0 Å². The minimum absolute atomic E-state index is 0.165. The average molecular weight is 203 g/mol. The molecule has 0 unspecified atom stereocenters. The lowest BCUT2D eigenvalue weighted by atomic mass is 10.2. The Kier molecular flexibility index (Phi) is 3.47. The van der Waals surface area contributed by atoms with Gasteiger partial charge in [0, 0.05) is 6.92 Å². The zero-order chi connectivity index (χ0) is 10.8. The Morgan fingerprint density at radius 1 is 1.43 bits per heavy atom. The zero-order valence-corrected chi connectivity index (χ0v) is 8.74. The first-order valence-electron chi connectivity index (χ1n) is 4.64. The lowest BCUT2D eigenvalue weighted by Gasteiger charge is -2.22. The van der Waals surface area contributed by atoms with Crippen LogP contribution in [0.15, 0.2) is 0 Å². The Hall–Kier alpha value is -0.650. The smallest absolute Gasteiger partial charge is 0.217 e. The summed E-state index contributed by atoms with van der Waals surface area (Å²) in [7, 11) is 0. The van der Waals surface area contributed by atoms with Crippen LogP contribution in [0, 0.1) is 0 Å². The molecular weight excluding hydrogens is 186 g/mol. The molecule has 0 aliphatic carbocycles. The minimum atomic E-state index is -0.722. The zero-order valence-electron chi connectivity index (χ0n) is 8.74. The van der Waals surface area contributed by atoms with E-state index in [4.69, 9.17) is 9.47 Å². The summed E-state index contributed by atoms with van der Waals surface area (Å²) in [4.78, 5) is 10.8. The number of rotatable bonds is 1.